The number of carbonyl (C=O) groups is 2. The molecule has 0 unspecified atom stereocenters. The SMILES string of the molecule is O=C(O)C[C@@H]1CCN(C(=O)Cc2ccccc2)C[C@@H]1Cc1nc2ccccc2[nH]1. The molecule has 0 radical (unpaired) electrons. The Morgan fingerprint density at radius 1 is 1.07 bits per heavy atom. The van der Waals surface area contributed by atoms with E-state index in [9.17, 15) is 14.7 Å². The molecule has 6 nitrogen and oxygen atoms in total. The van der Waals surface area contributed by atoms with Gasteiger partial charge in [-0.3, -0.25) is 9.59 Å². The van der Waals surface area contributed by atoms with E-state index >= 15 is 0 Å². The van der Waals surface area contributed by atoms with Crippen molar-refractivity contribution in [2.24, 2.45) is 11.8 Å². The highest BCUT2D eigenvalue weighted by Crippen LogP contribution is 2.30. The number of aromatic amines is 1. The first-order valence-electron chi connectivity index (χ1n) is 10.1. The van der Waals surface area contributed by atoms with Gasteiger partial charge < -0.3 is 15.0 Å². The second-order valence-electron chi connectivity index (χ2n) is 7.81. The molecule has 29 heavy (non-hydrogen) atoms. The number of likely N-dealkylation sites (tertiary alicyclic amines) is 1. The molecule has 1 aliphatic rings. The molecule has 0 spiro atoms. The summed E-state index contributed by atoms with van der Waals surface area (Å²) >= 11 is 0. The van der Waals surface area contributed by atoms with Gasteiger partial charge in [-0.15, -0.1) is 0 Å². The number of amides is 1. The summed E-state index contributed by atoms with van der Waals surface area (Å²) in [6.07, 6.45) is 1.85. The van der Waals surface area contributed by atoms with Gasteiger partial charge >= 0.3 is 5.97 Å². The average molecular weight is 391 g/mol. The van der Waals surface area contributed by atoms with Crippen LogP contribution in [0.2, 0.25) is 0 Å². The second kappa shape index (κ2) is 8.47. The third-order valence-electron chi connectivity index (χ3n) is 5.77. The van der Waals surface area contributed by atoms with Gasteiger partial charge in [-0.2, -0.15) is 0 Å². The van der Waals surface area contributed by atoms with Crippen molar-refractivity contribution in [2.45, 2.75) is 25.7 Å². The van der Waals surface area contributed by atoms with Crippen molar-refractivity contribution < 1.29 is 14.7 Å². The minimum atomic E-state index is -0.784. The lowest BCUT2D eigenvalue weighted by atomic mass is 9.81. The molecule has 150 valence electrons. The molecular weight excluding hydrogens is 366 g/mol. The predicted octanol–water partition coefficient (Wildman–Crippen LogP) is 3.29. The Labute approximate surface area is 169 Å². The van der Waals surface area contributed by atoms with Crippen LogP contribution in [0, 0.1) is 11.8 Å². The average Bonchev–Trinajstić information content (AvgIpc) is 3.12. The molecular formula is C23H25N3O3. The van der Waals surface area contributed by atoms with Crippen molar-refractivity contribution in [3.05, 3.63) is 66.0 Å². The summed E-state index contributed by atoms with van der Waals surface area (Å²) in [6, 6.07) is 17.6. The lowest BCUT2D eigenvalue weighted by Crippen LogP contribution is -2.45. The number of carbonyl (C=O) groups excluding carboxylic acids is 1. The zero-order chi connectivity index (χ0) is 20.2. The van der Waals surface area contributed by atoms with E-state index in [2.05, 4.69) is 9.97 Å². The monoisotopic (exact) mass is 391 g/mol. The highest BCUT2D eigenvalue weighted by molar-refractivity contribution is 5.79. The highest BCUT2D eigenvalue weighted by atomic mass is 16.4. The van der Waals surface area contributed by atoms with Gasteiger partial charge in [0.2, 0.25) is 5.91 Å². The summed E-state index contributed by atoms with van der Waals surface area (Å²) in [7, 11) is 0. The van der Waals surface area contributed by atoms with Crippen LogP contribution in [0.15, 0.2) is 54.6 Å². The Morgan fingerprint density at radius 3 is 2.59 bits per heavy atom. The van der Waals surface area contributed by atoms with Crippen molar-refractivity contribution in [3.8, 4) is 0 Å². The molecule has 1 saturated heterocycles. The van der Waals surface area contributed by atoms with Gasteiger partial charge in [-0.05, 0) is 36.0 Å². The van der Waals surface area contributed by atoms with Crippen LogP contribution in [0.5, 0.6) is 0 Å². The fourth-order valence-electron chi connectivity index (χ4n) is 4.26. The van der Waals surface area contributed by atoms with Gasteiger partial charge in [0.1, 0.15) is 5.82 Å². The molecule has 2 atom stereocenters. The van der Waals surface area contributed by atoms with E-state index in [0.29, 0.717) is 32.4 Å². The first kappa shape index (κ1) is 19.2. The van der Waals surface area contributed by atoms with Gasteiger partial charge in [-0.1, -0.05) is 42.5 Å². The second-order valence-corrected chi connectivity index (χ2v) is 7.81. The third kappa shape index (κ3) is 4.65. The number of para-hydroxylation sites is 2. The number of benzene rings is 2. The first-order valence-corrected chi connectivity index (χ1v) is 10.1. The van der Waals surface area contributed by atoms with Crippen molar-refractivity contribution in [3.63, 3.8) is 0 Å². The Kier molecular flexibility index (Phi) is 5.60. The molecule has 1 fully saturated rings. The summed E-state index contributed by atoms with van der Waals surface area (Å²) in [5.74, 6) is 0.277. The van der Waals surface area contributed by atoms with Crippen molar-refractivity contribution in [2.75, 3.05) is 13.1 Å². The zero-order valence-electron chi connectivity index (χ0n) is 16.3. The number of carboxylic acid groups (broad SMARTS) is 1. The molecule has 0 bridgehead atoms. The molecule has 4 rings (SSSR count). The number of nitrogens with zero attached hydrogens (tertiary/aromatic N) is 2. The number of hydrogen-bond donors (Lipinski definition) is 2. The van der Waals surface area contributed by atoms with Crippen molar-refractivity contribution >= 4 is 22.9 Å². The van der Waals surface area contributed by atoms with Crippen LogP contribution in [-0.4, -0.2) is 44.9 Å². The molecule has 0 aliphatic carbocycles. The molecule has 0 saturated carbocycles. The number of fused-ring (bicyclic) bond motifs is 1. The maximum Gasteiger partial charge on any atom is 0.303 e. The fraction of sp³-hybridized carbons (Fsp3) is 0.348. The number of aliphatic carboxylic acids is 1. The number of aromatic nitrogens is 2. The van der Waals surface area contributed by atoms with E-state index < -0.39 is 5.97 Å². The van der Waals surface area contributed by atoms with Crippen LogP contribution in [0.1, 0.15) is 24.2 Å². The van der Waals surface area contributed by atoms with Gasteiger partial charge in [0.15, 0.2) is 0 Å². The highest BCUT2D eigenvalue weighted by Gasteiger charge is 2.33. The van der Waals surface area contributed by atoms with Crippen LogP contribution in [0.3, 0.4) is 0 Å². The van der Waals surface area contributed by atoms with Gasteiger partial charge in [-0.25, -0.2) is 4.98 Å². The van der Waals surface area contributed by atoms with Crippen molar-refractivity contribution in [1.82, 2.24) is 14.9 Å². The number of nitrogens with one attached hydrogen (secondary N) is 1. The van der Waals surface area contributed by atoms with E-state index in [-0.39, 0.29) is 24.2 Å². The standard InChI is InChI=1S/C23H25N3O3/c27-22(12-16-6-2-1-3-7-16)26-11-10-17(14-23(28)29)18(15-26)13-21-24-19-8-4-5-9-20(19)25-21/h1-9,17-18H,10-15H2,(H,24,25)(H,28,29)/t17-,18-/m0/s1. The molecule has 1 aliphatic heterocycles. The number of carboxylic acids is 1. The maximum atomic E-state index is 12.8. The lowest BCUT2D eigenvalue weighted by molar-refractivity contribution is -0.139. The van der Waals surface area contributed by atoms with Crippen LogP contribution in [0.4, 0.5) is 0 Å². The maximum absolute atomic E-state index is 12.8. The normalized spacial score (nSPS) is 19.4. The van der Waals surface area contributed by atoms with E-state index in [0.717, 1.165) is 22.4 Å². The molecule has 3 aromatic rings. The largest absolute Gasteiger partial charge is 0.481 e. The van der Waals surface area contributed by atoms with E-state index in [1.807, 2.05) is 59.5 Å². The van der Waals surface area contributed by atoms with Crippen molar-refractivity contribution in [1.29, 1.82) is 0 Å². The van der Waals surface area contributed by atoms with Gasteiger partial charge in [0, 0.05) is 25.9 Å². The lowest BCUT2D eigenvalue weighted by Gasteiger charge is -2.38. The summed E-state index contributed by atoms with van der Waals surface area (Å²) in [5.41, 5.74) is 2.88. The minimum absolute atomic E-state index is 0.0430. The molecule has 1 aromatic heterocycles. The van der Waals surface area contributed by atoms with E-state index in [1.54, 1.807) is 0 Å². The first-order chi connectivity index (χ1) is 14.1. The number of hydrogen-bond acceptors (Lipinski definition) is 3. The Balaban J connectivity index is 1.49. The third-order valence-corrected chi connectivity index (χ3v) is 5.77. The van der Waals surface area contributed by atoms with Crippen LogP contribution in [-0.2, 0) is 22.4 Å². The summed E-state index contributed by atoms with van der Waals surface area (Å²) in [6.45, 7) is 1.18. The van der Waals surface area contributed by atoms with Gasteiger partial charge in [0.25, 0.3) is 0 Å². The quantitative estimate of drug-likeness (QED) is 0.675. The molecule has 2 N–H and O–H groups in total. The van der Waals surface area contributed by atoms with E-state index in [1.165, 1.54) is 0 Å². The number of rotatable bonds is 6. The number of H-pyrrole nitrogens is 1. The summed E-state index contributed by atoms with van der Waals surface area (Å²) in [4.78, 5) is 34.1. The smallest absolute Gasteiger partial charge is 0.303 e. The molecule has 2 heterocycles. The van der Waals surface area contributed by atoms with Gasteiger partial charge in [0.05, 0.1) is 17.5 Å². The van der Waals surface area contributed by atoms with E-state index in [4.69, 9.17) is 0 Å². The zero-order valence-corrected chi connectivity index (χ0v) is 16.3. The topological polar surface area (TPSA) is 86.3 Å². The predicted molar refractivity (Wildman–Crippen MR) is 110 cm³/mol. The minimum Gasteiger partial charge on any atom is -0.481 e. The fourth-order valence-corrected chi connectivity index (χ4v) is 4.26. The number of piperidine rings is 1. The van der Waals surface area contributed by atoms with Crippen LogP contribution < -0.4 is 0 Å². The summed E-state index contributed by atoms with van der Waals surface area (Å²) in [5, 5.41) is 9.33. The summed E-state index contributed by atoms with van der Waals surface area (Å²) < 4.78 is 0. The molecule has 6 heteroatoms. The Hall–Kier alpha value is -3.15. The number of imidazole rings is 1. The molecule has 1 amide bonds. The van der Waals surface area contributed by atoms with Crippen LogP contribution >= 0.6 is 0 Å². The Bertz CT molecular complexity index is 966. The molecule has 2 aromatic carbocycles. The Morgan fingerprint density at radius 2 is 1.83 bits per heavy atom. The van der Waals surface area contributed by atoms with Crippen LogP contribution in [0.25, 0.3) is 11.0 Å².